The second-order valence-electron chi connectivity index (χ2n) is 7.14. The number of benzene rings is 2. The lowest BCUT2D eigenvalue weighted by Crippen LogP contribution is -2.11. The number of H-pyrrole nitrogens is 1. The molecule has 1 N–H and O–H groups in total. The number of pyridine rings is 2. The molecule has 5 rings (SSSR count). The predicted molar refractivity (Wildman–Crippen MR) is 111 cm³/mol. The van der Waals surface area contributed by atoms with Gasteiger partial charge in [-0.3, -0.25) is 9.78 Å². The van der Waals surface area contributed by atoms with Gasteiger partial charge in [-0.2, -0.15) is 0 Å². The lowest BCUT2D eigenvalue weighted by Gasteiger charge is -2.13. The Morgan fingerprint density at radius 1 is 1.10 bits per heavy atom. The van der Waals surface area contributed by atoms with E-state index in [1.54, 1.807) is 12.4 Å². The topological polar surface area (TPSA) is 63.6 Å². The van der Waals surface area contributed by atoms with Crippen molar-refractivity contribution in [2.24, 2.45) is 0 Å². The molecule has 7 heteroatoms. The molecular formula is C23H16F2N4O. The molecule has 0 saturated heterocycles. The van der Waals surface area contributed by atoms with Crippen LogP contribution >= 0.6 is 0 Å². The number of aromatic nitrogens is 4. The second-order valence-corrected chi connectivity index (χ2v) is 7.14. The van der Waals surface area contributed by atoms with Crippen LogP contribution < -0.4 is 5.56 Å². The number of halogens is 2. The summed E-state index contributed by atoms with van der Waals surface area (Å²) in [7, 11) is 0. The lowest BCUT2D eigenvalue weighted by atomic mass is 10.1. The van der Waals surface area contributed by atoms with Gasteiger partial charge in [0.2, 0.25) is 5.56 Å². The monoisotopic (exact) mass is 402 g/mol. The highest BCUT2D eigenvalue weighted by molar-refractivity contribution is 5.84. The van der Waals surface area contributed by atoms with Crippen molar-refractivity contribution in [3.05, 3.63) is 94.0 Å². The SMILES string of the molecule is Cc1ccncc1-c1nc2ccccc2n1Cc1cc(=O)[nH]c2c(F)c(F)ccc12. The molecule has 0 bridgehead atoms. The summed E-state index contributed by atoms with van der Waals surface area (Å²) in [6.45, 7) is 2.23. The molecule has 0 amide bonds. The highest BCUT2D eigenvalue weighted by atomic mass is 19.2. The number of nitrogens with one attached hydrogen (secondary N) is 1. The molecule has 0 aliphatic heterocycles. The number of rotatable bonds is 3. The first kappa shape index (κ1) is 18.2. The molecule has 0 radical (unpaired) electrons. The number of fused-ring (bicyclic) bond motifs is 2. The Hall–Kier alpha value is -3.87. The van der Waals surface area contributed by atoms with Crippen LogP contribution in [0.15, 0.2) is 65.7 Å². The van der Waals surface area contributed by atoms with Gasteiger partial charge in [-0.05, 0) is 48.4 Å². The van der Waals surface area contributed by atoms with Gasteiger partial charge in [-0.25, -0.2) is 13.8 Å². The first-order valence-electron chi connectivity index (χ1n) is 9.39. The molecule has 0 atom stereocenters. The summed E-state index contributed by atoms with van der Waals surface area (Å²) in [5.41, 5.74) is 3.46. The summed E-state index contributed by atoms with van der Waals surface area (Å²) in [5.74, 6) is -1.38. The first-order valence-corrected chi connectivity index (χ1v) is 9.39. The maximum Gasteiger partial charge on any atom is 0.248 e. The maximum atomic E-state index is 14.3. The minimum absolute atomic E-state index is 0.138. The molecule has 3 heterocycles. The molecule has 5 aromatic rings. The van der Waals surface area contributed by atoms with E-state index in [-0.39, 0.29) is 12.1 Å². The third-order valence-electron chi connectivity index (χ3n) is 5.26. The van der Waals surface area contributed by atoms with E-state index in [1.807, 2.05) is 41.8 Å². The van der Waals surface area contributed by atoms with Crippen LogP contribution in [0.1, 0.15) is 11.1 Å². The van der Waals surface area contributed by atoms with E-state index < -0.39 is 17.2 Å². The van der Waals surface area contributed by atoms with Crippen molar-refractivity contribution in [3.63, 3.8) is 0 Å². The number of para-hydroxylation sites is 2. The van der Waals surface area contributed by atoms with Crippen molar-refractivity contribution in [2.45, 2.75) is 13.5 Å². The van der Waals surface area contributed by atoms with Gasteiger partial charge in [-0.1, -0.05) is 12.1 Å². The van der Waals surface area contributed by atoms with Gasteiger partial charge >= 0.3 is 0 Å². The van der Waals surface area contributed by atoms with Crippen LogP contribution in [0.2, 0.25) is 0 Å². The number of hydrogen-bond acceptors (Lipinski definition) is 3. The van der Waals surface area contributed by atoms with Crippen molar-refractivity contribution < 1.29 is 8.78 Å². The number of hydrogen-bond donors (Lipinski definition) is 1. The fraction of sp³-hybridized carbons (Fsp3) is 0.0870. The zero-order valence-electron chi connectivity index (χ0n) is 16.0. The number of nitrogens with zero attached hydrogens (tertiary/aromatic N) is 3. The Balaban J connectivity index is 1.78. The van der Waals surface area contributed by atoms with Crippen molar-refractivity contribution in [1.82, 2.24) is 19.5 Å². The van der Waals surface area contributed by atoms with Crippen molar-refractivity contribution in [1.29, 1.82) is 0 Å². The van der Waals surface area contributed by atoms with Crippen LogP contribution in [0.5, 0.6) is 0 Å². The Kier molecular flexibility index (Phi) is 4.17. The standard InChI is InChI=1S/C23H16F2N4O/c1-13-8-9-26-11-16(13)23-27-18-4-2-3-5-19(18)29(23)12-14-10-20(30)28-22-15(14)6-7-17(24)21(22)25/h2-11H,12H2,1H3,(H,28,30). The van der Waals surface area contributed by atoms with E-state index in [2.05, 4.69) is 9.97 Å². The Morgan fingerprint density at radius 3 is 2.77 bits per heavy atom. The van der Waals surface area contributed by atoms with E-state index in [4.69, 9.17) is 4.98 Å². The summed E-state index contributed by atoms with van der Waals surface area (Å²) < 4.78 is 30.0. The van der Waals surface area contributed by atoms with Crippen molar-refractivity contribution in [2.75, 3.05) is 0 Å². The summed E-state index contributed by atoms with van der Waals surface area (Å²) in [6.07, 6.45) is 3.46. The highest BCUT2D eigenvalue weighted by Gasteiger charge is 2.17. The Bertz CT molecular complexity index is 1490. The molecule has 0 unspecified atom stereocenters. The van der Waals surface area contributed by atoms with E-state index >= 15 is 0 Å². The molecule has 5 nitrogen and oxygen atoms in total. The first-order chi connectivity index (χ1) is 14.5. The van der Waals surface area contributed by atoms with Crippen LogP contribution in [-0.2, 0) is 6.54 Å². The molecule has 148 valence electrons. The highest BCUT2D eigenvalue weighted by Crippen LogP contribution is 2.29. The molecule has 3 aromatic heterocycles. The molecule has 0 fully saturated rings. The zero-order chi connectivity index (χ0) is 20.8. The van der Waals surface area contributed by atoms with Crippen LogP contribution in [-0.4, -0.2) is 19.5 Å². The third-order valence-corrected chi connectivity index (χ3v) is 5.26. The fourth-order valence-electron chi connectivity index (χ4n) is 3.78. The van der Waals surface area contributed by atoms with Crippen LogP contribution in [0.4, 0.5) is 8.78 Å². The van der Waals surface area contributed by atoms with Gasteiger partial charge in [0.25, 0.3) is 0 Å². The molecule has 0 aliphatic rings. The van der Waals surface area contributed by atoms with E-state index in [0.717, 1.165) is 28.2 Å². The summed E-state index contributed by atoms with van der Waals surface area (Å²) in [6, 6.07) is 13.5. The number of aryl methyl sites for hydroxylation is 1. The second kappa shape index (κ2) is 6.88. The maximum absolute atomic E-state index is 14.3. The number of aromatic amines is 1. The molecule has 0 aliphatic carbocycles. The summed E-state index contributed by atoms with van der Waals surface area (Å²) in [5, 5.41) is 0.445. The average molecular weight is 402 g/mol. The van der Waals surface area contributed by atoms with Crippen LogP contribution in [0.25, 0.3) is 33.3 Å². The minimum Gasteiger partial charge on any atom is -0.319 e. The van der Waals surface area contributed by atoms with Crippen LogP contribution in [0.3, 0.4) is 0 Å². The molecule has 30 heavy (non-hydrogen) atoms. The zero-order valence-corrected chi connectivity index (χ0v) is 16.0. The molecule has 0 spiro atoms. The fourth-order valence-corrected chi connectivity index (χ4v) is 3.78. The Labute approximate surface area is 169 Å². The average Bonchev–Trinajstić information content (AvgIpc) is 3.10. The smallest absolute Gasteiger partial charge is 0.248 e. The lowest BCUT2D eigenvalue weighted by molar-refractivity contribution is 0.515. The van der Waals surface area contributed by atoms with Gasteiger partial charge in [-0.15, -0.1) is 0 Å². The Morgan fingerprint density at radius 2 is 1.93 bits per heavy atom. The normalized spacial score (nSPS) is 11.4. The van der Waals surface area contributed by atoms with E-state index in [0.29, 0.717) is 16.8 Å². The summed E-state index contributed by atoms with van der Waals surface area (Å²) in [4.78, 5) is 23.6. The quantitative estimate of drug-likeness (QED) is 0.481. The minimum atomic E-state index is -1.06. The molecular weight excluding hydrogens is 386 g/mol. The molecule has 0 saturated carbocycles. The van der Waals surface area contributed by atoms with E-state index in [9.17, 15) is 13.6 Å². The predicted octanol–water partition coefficient (Wildman–Crippen LogP) is 4.57. The van der Waals surface area contributed by atoms with E-state index in [1.165, 1.54) is 12.1 Å². The van der Waals surface area contributed by atoms with Crippen molar-refractivity contribution >= 4 is 21.9 Å². The van der Waals surface area contributed by atoms with Gasteiger partial charge in [0.05, 0.1) is 23.1 Å². The van der Waals surface area contributed by atoms with Gasteiger partial charge in [0, 0.05) is 29.4 Å². The van der Waals surface area contributed by atoms with Crippen molar-refractivity contribution in [3.8, 4) is 11.4 Å². The van der Waals surface area contributed by atoms with Crippen LogP contribution in [0, 0.1) is 18.6 Å². The van der Waals surface area contributed by atoms with Gasteiger partial charge in [0.1, 0.15) is 5.82 Å². The third kappa shape index (κ3) is 2.86. The van der Waals surface area contributed by atoms with Gasteiger partial charge < -0.3 is 9.55 Å². The van der Waals surface area contributed by atoms with Gasteiger partial charge in [0.15, 0.2) is 11.6 Å². The number of imidazole rings is 1. The largest absolute Gasteiger partial charge is 0.319 e. The molecule has 2 aromatic carbocycles. The summed E-state index contributed by atoms with van der Waals surface area (Å²) >= 11 is 0.